The number of benzene rings is 1. The zero-order chi connectivity index (χ0) is 14.9. The summed E-state index contributed by atoms with van der Waals surface area (Å²) in [5.41, 5.74) is 7.56. The molecule has 1 spiro atoms. The van der Waals surface area contributed by atoms with E-state index in [9.17, 15) is 5.11 Å². The predicted octanol–water partition coefficient (Wildman–Crippen LogP) is 3.76. The third-order valence-corrected chi connectivity index (χ3v) is 6.23. The Morgan fingerprint density at radius 1 is 1.38 bits per heavy atom. The highest BCUT2D eigenvalue weighted by Gasteiger charge is 2.41. The standard InChI is InChI=1S/C16H22BrNO2S/c17-12-1-2-14(18)13(9-12)15(19)11-3-6-20-16(10-11)4-7-21-8-5-16/h1-2,9,11,15,19H,3-8,10,18H2. The van der Waals surface area contributed by atoms with Gasteiger partial charge in [0.25, 0.3) is 0 Å². The van der Waals surface area contributed by atoms with E-state index < -0.39 is 6.10 Å². The molecule has 0 radical (unpaired) electrons. The first kappa shape index (κ1) is 15.7. The van der Waals surface area contributed by atoms with E-state index in [4.69, 9.17) is 10.5 Å². The number of hydrogen-bond acceptors (Lipinski definition) is 4. The van der Waals surface area contributed by atoms with E-state index in [1.54, 1.807) is 0 Å². The first-order valence-corrected chi connectivity index (χ1v) is 9.49. The number of ether oxygens (including phenoxy) is 1. The number of hydrogen-bond donors (Lipinski definition) is 2. The number of aliphatic hydroxyl groups is 1. The maximum atomic E-state index is 10.8. The molecule has 21 heavy (non-hydrogen) atoms. The van der Waals surface area contributed by atoms with Gasteiger partial charge in [-0.15, -0.1) is 0 Å². The van der Waals surface area contributed by atoms with Gasteiger partial charge in [-0.1, -0.05) is 15.9 Å². The number of rotatable bonds is 2. The van der Waals surface area contributed by atoms with Gasteiger partial charge < -0.3 is 15.6 Å². The number of halogens is 1. The van der Waals surface area contributed by atoms with Gasteiger partial charge >= 0.3 is 0 Å². The van der Waals surface area contributed by atoms with Crippen LogP contribution in [0, 0.1) is 5.92 Å². The highest BCUT2D eigenvalue weighted by Crippen LogP contribution is 2.44. The molecule has 3 rings (SSSR count). The zero-order valence-electron chi connectivity index (χ0n) is 12.1. The lowest BCUT2D eigenvalue weighted by Crippen LogP contribution is -2.44. The van der Waals surface area contributed by atoms with Crippen LogP contribution < -0.4 is 5.73 Å². The molecule has 3 nitrogen and oxygen atoms in total. The molecule has 2 fully saturated rings. The average Bonchev–Trinajstić information content (AvgIpc) is 2.50. The second kappa shape index (κ2) is 6.49. The quantitative estimate of drug-likeness (QED) is 0.777. The smallest absolute Gasteiger partial charge is 0.0840 e. The summed E-state index contributed by atoms with van der Waals surface area (Å²) in [5.74, 6) is 2.57. The van der Waals surface area contributed by atoms with Crippen LogP contribution in [0.5, 0.6) is 0 Å². The first-order valence-electron chi connectivity index (χ1n) is 7.54. The van der Waals surface area contributed by atoms with Crippen LogP contribution >= 0.6 is 27.7 Å². The zero-order valence-corrected chi connectivity index (χ0v) is 14.5. The minimum atomic E-state index is -0.502. The lowest BCUT2D eigenvalue weighted by Gasteiger charge is -2.44. The van der Waals surface area contributed by atoms with Crippen molar-refractivity contribution in [1.29, 1.82) is 0 Å². The summed E-state index contributed by atoms with van der Waals surface area (Å²) < 4.78 is 7.07. The van der Waals surface area contributed by atoms with Crippen LogP contribution in [-0.4, -0.2) is 28.8 Å². The Balaban J connectivity index is 1.77. The molecule has 2 heterocycles. The van der Waals surface area contributed by atoms with E-state index in [0.717, 1.165) is 42.3 Å². The Hall–Kier alpha value is -0.230. The fourth-order valence-electron chi connectivity index (χ4n) is 3.48. The second-order valence-electron chi connectivity index (χ2n) is 6.11. The summed E-state index contributed by atoms with van der Waals surface area (Å²) in [4.78, 5) is 0. The van der Waals surface area contributed by atoms with E-state index in [2.05, 4.69) is 15.9 Å². The lowest BCUT2D eigenvalue weighted by atomic mass is 9.78. The Morgan fingerprint density at radius 3 is 2.90 bits per heavy atom. The molecule has 1 aromatic carbocycles. The lowest BCUT2D eigenvalue weighted by molar-refractivity contribution is -0.121. The van der Waals surface area contributed by atoms with Gasteiger partial charge in [0.1, 0.15) is 0 Å². The molecule has 2 aliphatic heterocycles. The van der Waals surface area contributed by atoms with Crippen molar-refractivity contribution in [1.82, 2.24) is 0 Å². The normalized spacial score (nSPS) is 26.7. The van der Waals surface area contributed by atoms with Crippen molar-refractivity contribution in [3.8, 4) is 0 Å². The average molecular weight is 372 g/mol. The molecule has 2 atom stereocenters. The molecule has 0 bridgehead atoms. The predicted molar refractivity (Wildman–Crippen MR) is 91.5 cm³/mol. The van der Waals surface area contributed by atoms with Gasteiger partial charge in [0.05, 0.1) is 11.7 Å². The minimum Gasteiger partial charge on any atom is -0.398 e. The third kappa shape index (κ3) is 3.41. The van der Waals surface area contributed by atoms with Crippen LogP contribution in [0.3, 0.4) is 0 Å². The van der Waals surface area contributed by atoms with E-state index in [1.807, 2.05) is 30.0 Å². The molecule has 116 valence electrons. The van der Waals surface area contributed by atoms with Crippen LogP contribution in [-0.2, 0) is 4.74 Å². The van der Waals surface area contributed by atoms with Crippen LogP contribution in [0.2, 0.25) is 0 Å². The van der Waals surface area contributed by atoms with E-state index in [1.165, 1.54) is 11.5 Å². The number of anilines is 1. The molecular formula is C16H22BrNO2S. The maximum absolute atomic E-state index is 10.8. The fraction of sp³-hybridized carbons (Fsp3) is 0.625. The summed E-state index contributed by atoms with van der Waals surface area (Å²) in [5, 5.41) is 10.8. The molecule has 2 aliphatic rings. The largest absolute Gasteiger partial charge is 0.398 e. The Morgan fingerprint density at radius 2 is 2.14 bits per heavy atom. The van der Waals surface area contributed by atoms with Crippen LogP contribution in [0.1, 0.15) is 37.4 Å². The van der Waals surface area contributed by atoms with Crippen LogP contribution in [0.25, 0.3) is 0 Å². The topological polar surface area (TPSA) is 55.5 Å². The molecule has 2 unspecified atom stereocenters. The molecule has 3 N–H and O–H groups in total. The highest BCUT2D eigenvalue weighted by molar-refractivity contribution is 9.10. The molecule has 1 aromatic rings. The first-order chi connectivity index (χ1) is 10.1. The Labute approximate surface area is 138 Å². The van der Waals surface area contributed by atoms with Crippen molar-refractivity contribution in [2.75, 3.05) is 23.8 Å². The molecule has 0 aromatic heterocycles. The highest BCUT2D eigenvalue weighted by atomic mass is 79.9. The summed E-state index contributed by atoms with van der Waals surface area (Å²) in [7, 11) is 0. The van der Waals surface area contributed by atoms with E-state index in [-0.39, 0.29) is 11.5 Å². The van der Waals surface area contributed by atoms with Gasteiger partial charge in [0.15, 0.2) is 0 Å². The number of nitrogens with two attached hydrogens (primary N) is 1. The Bertz CT molecular complexity index is 500. The van der Waals surface area contributed by atoms with Crippen molar-refractivity contribution in [3.63, 3.8) is 0 Å². The third-order valence-electron chi connectivity index (χ3n) is 4.75. The molecule has 0 saturated carbocycles. The number of nitrogen functional groups attached to an aromatic ring is 1. The summed E-state index contributed by atoms with van der Waals surface area (Å²) >= 11 is 5.47. The molecular weight excluding hydrogens is 350 g/mol. The van der Waals surface area contributed by atoms with Crippen molar-refractivity contribution < 1.29 is 9.84 Å². The van der Waals surface area contributed by atoms with Gasteiger partial charge in [-0.05, 0) is 61.3 Å². The van der Waals surface area contributed by atoms with Gasteiger partial charge in [0, 0.05) is 22.3 Å². The molecule has 0 amide bonds. The summed E-state index contributed by atoms with van der Waals surface area (Å²) in [6, 6.07) is 5.71. The minimum absolute atomic E-state index is 0.00405. The monoisotopic (exact) mass is 371 g/mol. The second-order valence-corrected chi connectivity index (χ2v) is 8.26. The molecule has 2 saturated heterocycles. The van der Waals surface area contributed by atoms with Gasteiger partial charge in [0.2, 0.25) is 0 Å². The van der Waals surface area contributed by atoms with Crippen LogP contribution in [0.4, 0.5) is 5.69 Å². The molecule has 0 aliphatic carbocycles. The van der Waals surface area contributed by atoms with Gasteiger partial charge in [-0.3, -0.25) is 0 Å². The summed E-state index contributed by atoms with van der Waals surface area (Å²) in [6.45, 7) is 0.750. The van der Waals surface area contributed by atoms with E-state index in [0.29, 0.717) is 5.69 Å². The van der Waals surface area contributed by atoms with Gasteiger partial charge in [-0.25, -0.2) is 0 Å². The van der Waals surface area contributed by atoms with E-state index >= 15 is 0 Å². The Kier molecular flexibility index (Phi) is 4.84. The fourth-order valence-corrected chi connectivity index (χ4v) is 5.10. The molecule has 5 heteroatoms. The number of thioether (sulfide) groups is 1. The SMILES string of the molecule is Nc1ccc(Br)cc1C(O)C1CCOC2(CCSCC2)C1. The number of aliphatic hydroxyl groups excluding tert-OH is 1. The van der Waals surface area contributed by atoms with Crippen molar-refractivity contribution in [2.45, 2.75) is 37.4 Å². The van der Waals surface area contributed by atoms with Crippen molar-refractivity contribution in [3.05, 3.63) is 28.2 Å². The maximum Gasteiger partial charge on any atom is 0.0840 e. The van der Waals surface area contributed by atoms with Gasteiger partial charge in [-0.2, -0.15) is 11.8 Å². The van der Waals surface area contributed by atoms with Crippen molar-refractivity contribution >= 4 is 33.4 Å². The summed E-state index contributed by atoms with van der Waals surface area (Å²) in [6.07, 6.45) is 3.56. The van der Waals surface area contributed by atoms with Crippen molar-refractivity contribution in [2.24, 2.45) is 5.92 Å². The van der Waals surface area contributed by atoms with Crippen LogP contribution in [0.15, 0.2) is 22.7 Å².